The van der Waals surface area contributed by atoms with Gasteiger partial charge in [0.25, 0.3) is 0 Å². The molecule has 2 rings (SSSR count). The average Bonchev–Trinajstić information content (AvgIpc) is 2.74. The Hall–Kier alpha value is 1.45. The van der Waals surface area contributed by atoms with Crippen LogP contribution in [0.1, 0.15) is 13.8 Å². The Morgan fingerprint density at radius 1 is 1.12 bits per heavy atom. The van der Waals surface area contributed by atoms with Gasteiger partial charge in [0, 0.05) is 24.3 Å². The highest BCUT2D eigenvalue weighted by Crippen LogP contribution is 2.78. The summed E-state index contributed by atoms with van der Waals surface area (Å²) >= 11 is 6.81. The Labute approximate surface area is 120 Å². The molecule has 0 saturated heterocycles. The van der Waals surface area contributed by atoms with E-state index >= 15 is 0 Å². The van der Waals surface area contributed by atoms with Gasteiger partial charge in [0.2, 0.25) is 0 Å². The smallest absolute Gasteiger partial charge is 0.124 e. The van der Waals surface area contributed by atoms with Crippen molar-refractivity contribution >= 4 is 55.0 Å². The van der Waals surface area contributed by atoms with Gasteiger partial charge >= 0.3 is 0 Å². The van der Waals surface area contributed by atoms with Crippen LogP contribution in [0.25, 0.3) is 0 Å². The van der Waals surface area contributed by atoms with Crippen molar-refractivity contribution in [3.8, 4) is 0 Å². The number of hydrogen-bond donors (Lipinski definition) is 0. The average molecular weight is 329 g/mol. The molecule has 2 aliphatic heterocycles. The highest BCUT2D eigenvalue weighted by molar-refractivity contribution is 8.44. The maximum Gasteiger partial charge on any atom is 0.124 e. The molecule has 2 heterocycles. The molecule has 0 N–H and O–H groups in total. The number of thioether (sulfide) groups is 4. The molecule has 0 unspecified atom stereocenters. The van der Waals surface area contributed by atoms with Crippen molar-refractivity contribution < 1.29 is 13.9 Å². The molecule has 98 valence electrons. The molecule has 0 aliphatic carbocycles. The second-order valence-electron chi connectivity index (χ2n) is 3.07. The molecule has 0 saturated carbocycles. The lowest BCUT2D eigenvalue weighted by Gasteiger charge is -2.40. The highest BCUT2D eigenvalue weighted by atomic mass is 32.3. The van der Waals surface area contributed by atoms with Crippen LogP contribution < -0.4 is 4.89 Å². The van der Waals surface area contributed by atoms with Gasteiger partial charge in [0.05, 0.1) is 13.2 Å². The fraction of sp³-hybridized carbons (Fsp3) is 0.667. The lowest BCUT2D eigenvalue weighted by molar-refractivity contribution is -0.215. The zero-order chi connectivity index (χ0) is 12.3. The van der Waals surface area contributed by atoms with Gasteiger partial charge in [0.1, 0.15) is 7.94 Å². The van der Waals surface area contributed by atoms with Crippen LogP contribution in [-0.4, -0.2) is 24.7 Å². The van der Waals surface area contributed by atoms with Gasteiger partial charge in [-0.15, -0.1) is 23.5 Å². The second-order valence-corrected chi connectivity index (χ2v) is 10.7. The third-order valence-electron chi connectivity index (χ3n) is 1.90. The SMILES string of the molecule is CCO[P+]([O-])(OCC)[C-]1SC2=C(SCCS2)S1. The summed E-state index contributed by atoms with van der Waals surface area (Å²) in [6, 6.07) is 0. The van der Waals surface area contributed by atoms with Crippen LogP contribution in [0.5, 0.6) is 0 Å². The monoisotopic (exact) mass is 329 g/mol. The topological polar surface area (TPSA) is 41.5 Å². The third kappa shape index (κ3) is 3.51. The van der Waals surface area contributed by atoms with Gasteiger partial charge < -0.3 is 4.89 Å². The van der Waals surface area contributed by atoms with Gasteiger partial charge in [0.15, 0.2) is 0 Å². The molecule has 0 radical (unpaired) electrons. The third-order valence-corrected chi connectivity index (χ3v) is 10.8. The van der Waals surface area contributed by atoms with Crippen LogP contribution in [0.2, 0.25) is 0 Å². The molecule has 8 heteroatoms. The van der Waals surface area contributed by atoms with Crippen molar-refractivity contribution in [3.63, 3.8) is 0 Å². The molecule has 0 bridgehead atoms. The number of hydrogen-bond acceptors (Lipinski definition) is 7. The van der Waals surface area contributed by atoms with E-state index in [0.29, 0.717) is 13.2 Å². The van der Waals surface area contributed by atoms with Gasteiger partial charge in [-0.3, -0.25) is 0 Å². The molecule has 3 nitrogen and oxygen atoms in total. The fourth-order valence-corrected chi connectivity index (χ4v) is 10.1. The summed E-state index contributed by atoms with van der Waals surface area (Å²) in [6.45, 7) is 4.50. The van der Waals surface area contributed by atoms with Gasteiger partial charge in [-0.25, -0.2) is 32.6 Å². The molecule has 17 heavy (non-hydrogen) atoms. The lowest BCUT2D eigenvalue weighted by atomic mass is 10.9. The molecule has 0 aromatic heterocycles. The van der Waals surface area contributed by atoms with Crippen LogP contribution in [0.4, 0.5) is 0 Å². The first-order valence-corrected chi connectivity index (χ1v) is 10.5. The summed E-state index contributed by atoms with van der Waals surface area (Å²) in [7, 11) is -3.07. The Kier molecular flexibility index (Phi) is 5.90. The Bertz CT molecular complexity index is 289. The minimum absolute atomic E-state index is 0.410. The van der Waals surface area contributed by atoms with E-state index in [9.17, 15) is 4.89 Å². The highest BCUT2D eigenvalue weighted by Gasteiger charge is 2.36. The molecule has 0 aromatic carbocycles. The van der Waals surface area contributed by atoms with E-state index in [1.165, 1.54) is 8.47 Å². The molecule has 0 fully saturated rings. The molecular weight excluding hydrogens is 315 g/mol. The van der Waals surface area contributed by atoms with Crippen LogP contribution in [0.3, 0.4) is 0 Å². The van der Waals surface area contributed by atoms with Crippen LogP contribution in [0, 0.1) is 4.32 Å². The number of rotatable bonds is 5. The molecule has 0 atom stereocenters. The van der Waals surface area contributed by atoms with Crippen molar-refractivity contribution in [2.24, 2.45) is 0 Å². The predicted octanol–water partition coefficient (Wildman–Crippen LogP) is 3.72. The minimum Gasteiger partial charge on any atom is -0.654 e. The lowest BCUT2D eigenvalue weighted by Crippen LogP contribution is -2.18. The van der Waals surface area contributed by atoms with Crippen molar-refractivity contribution in [1.82, 2.24) is 0 Å². The maximum atomic E-state index is 12.6. The molecule has 0 amide bonds. The summed E-state index contributed by atoms with van der Waals surface area (Å²) in [6.07, 6.45) is 0. The quantitative estimate of drug-likeness (QED) is 0.562. The van der Waals surface area contributed by atoms with Crippen molar-refractivity contribution in [1.29, 1.82) is 0 Å². The van der Waals surface area contributed by atoms with E-state index < -0.39 is 7.94 Å². The fourth-order valence-electron chi connectivity index (χ4n) is 1.30. The minimum atomic E-state index is -3.07. The van der Waals surface area contributed by atoms with Gasteiger partial charge in [-0.05, 0) is 13.8 Å². The maximum absolute atomic E-state index is 12.6. The Morgan fingerprint density at radius 3 is 2.00 bits per heavy atom. The van der Waals surface area contributed by atoms with Gasteiger partial charge in [-0.2, -0.15) is 0 Å². The van der Waals surface area contributed by atoms with Crippen molar-refractivity contribution in [2.75, 3.05) is 24.7 Å². The molecule has 0 aromatic rings. The summed E-state index contributed by atoms with van der Waals surface area (Å²) in [4.78, 5) is 12.6. The van der Waals surface area contributed by atoms with Crippen molar-refractivity contribution in [3.05, 3.63) is 12.8 Å². The van der Waals surface area contributed by atoms with Crippen molar-refractivity contribution in [2.45, 2.75) is 13.8 Å². The second kappa shape index (κ2) is 6.75. The summed E-state index contributed by atoms with van der Waals surface area (Å²) in [5, 5.41) is 0. The zero-order valence-corrected chi connectivity index (χ0v) is 13.8. The summed E-state index contributed by atoms with van der Waals surface area (Å²) in [5.74, 6) is 2.25. The Balaban J connectivity index is 2.03. The van der Waals surface area contributed by atoms with Crippen LogP contribution >= 0.6 is 55.0 Å². The summed E-state index contributed by atoms with van der Waals surface area (Å²) < 4.78 is 14.1. The standard InChI is InChI=1S/C9H14O3PS4/c1-3-11-13(10,12-4-2)9-16-7-8(17-9)15-6-5-14-7/h3-6H2,1-2H3/q-1. The summed E-state index contributed by atoms with van der Waals surface area (Å²) in [5.41, 5.74) is 0. The van der Waals surface area contributed by atoms with E-state index in [2.05, 4.69) is 0 Å². The zero-order valence-electron chi connectivity index (χ0n) is 9.63. The van der Waals surface area contributed by atoms with E-state index in [1.54, 1.807) is 23.5 Å². The first-order valence-electron chi connectivity index (χ1n) is 5.31. The Morgan fingerprint density at radius 2 is 1.59 bits per heavy atom. The molecule has 0 spiro atoms. The molecule has 2 aliphatic rings. The van der Waals surface area contributed by atoms with E-state index in [1.807, 2.05) is 37.4 Å². The van der Waals surface area contributed by atoms with E-state index in [4.69, 9.17) is 9.05 Å². The normalized spacial score (nSPS) is 22.1. The molecular formula is C9H14O3PS4-. The largest absolute Gasteiger partial charge is 0.654 e. The van der Waals surface area contributed by atoms with Crippen LogP contribution in [0.15, 0.2) is 8.47 Å². The van der Waals surface area contributed by atoms with E-state index in [-0.39, 0.29) is 0 Å². The first-order chi connectivity index (χ1) is 8.19. The van der Waals surface area contributed by atoms with Crippen LogP contribution in [-0.2, 0) is 9.05 Å². The van der Waals surface area contributed by atoms with E-state index in [0.717, 1.165) is 15.8 Å². The van der Waals surface area contributed by atoms with Gasteiger partial charge in [-0.1, -0.05) is 0 Å². The predicted molar refractivity (Wildman–Crippen MR) is 80.5 cm³/mol. The first kappa shape index (κ1) is 14.9.